The van der Waals surface area contributed by atoms with Gasteiger partial charge < -0.3 is 11.5 Å². The predicted molar refractivity (Wildman–Crippen MR) is 86.9 cm³/mol. The smallest absolute Gasteiger partial charge is 0.248 e. The van der Waals surface area contributed by atoms with E-state index in [0.717, 1.165) is 22.3 Å². The van der Waals surface area contributed by atoms with Crippen LogP contribution in [0.15, 0.2) is 60.8 Å². The van der Waals surface area contributed by atoms with Gasteiger partial charge in [-0.25, -0.2) is 4.98 Å². The fourth-order valence-corrected chi connectivity index (χ4v) is 2.26. The third-order valence-corrected chi connectivity index (χ3v) is 3.45. The number of carbonyl (C=O) groups excluding carboxylic acids is 1. The number of hydrogen-bond donors (Lipinski definition) is 2. The number of primary amides is 1. The summed E-state index contributed by atoms with van der Waals surface area (Å²) in [6.07, 6.45) is 1.74. The number of aromatic nitrogens is 1. The van der Waals surface area contributed by atoms with Gasteiger partial charge in [-0.2, -0.15) is 0 Å². The highest BCUT2D eigenvalue weighted by Gasteiger charge is 2.08. The van der Waals surface area contributed by atoms with Crippen molar-refractivity contribution in [2.24, 2.45) is 5.73 Å². The van der Waals surface area contributed by atoms with Crippen LogP contribution in [-0.2, 0) is 0 Å². The molecule has 0 aliphatic carbocycles. The minimum absolute atomic E-state index is 0.443. The predicted octanol–water partition coefficient (Wildman–Crippen LogP) is 2.90. The highest BCUT2D eigenvalue weighted by Crippen LogP contribution is 2.29. The van der Waals surface area contributed by atoms with Gasteiger partial charge in [0, 0.05) is 22.9 Å². The first-order valence-corrected chi connectivity index (χ1v) is 6.77. The molecule has 4 N–H and O–H groups in total. The van der Waals surface area contributed by atoms with E-state index in [1.807, 2.05) is 42.5 Å². The summed E-state index contributed by atoms with van der Waals surface area (Å²) in [4.78, 5) is 15.4. The molecule has 0 saturated carbocycles. The number of anilines is 1. The van der Waals surface area contributed by atoms with Crippen LogP contribution in [-0.4, -0.2) is 10.9 Å². The summed E-state index contributed by atoms with van der Waals surface area (Å²) in [5.41, 5.74) is 15.4. The van der Waals surface area contributed by atoms with Gasteiger partial charge in [-0.3, -0.25) is 4.79 Å². The Labute approximate surface area is 128 Å². The average molecular weight is 288 g/mol. The second-order valence-electron chi connectivity index (χ2n) is 4.89. The van der Waals surface area contributed by atoms with E-state index in [2.05, 4.69) is 11.1 Å². The maximum absolute atomic E-state index is 11.1. The van der Waals surface area contributed by atoms with Gasteiger partial charge in [0.2, 0.25) is 5.91 Å². The lowest BCUT2D eigenvalue weighted by Crippen LogP contribution is -2.10. The number of nitrogens with two attached hydrogens (primary N) is 2. The summed E-state index contributed by atoms with van der Waals surface area (Å²) in [6.45, 7) is 0. The maximum atomic E-state index is 11.1. The molecule has 1 heterocycles. The second kappa shape index (κ2) is 5.69. The molecule has 0 spiro atoms. The molecule has 1 aromatic heterocycles. The van der Waals surface area contributed by atoms with Crippen molar-refractivity contribution >= 4 is 11.7 Å². The molecule has 22 heavy (non-hydrogen) atoms. The average Bonchev–Trinajstić information content (AvgIpc) is 2.56. The molecule has 1 amide bonds. The van der Waals surface area contributed by atoms with Crippen LogP contribution in [0.4, 0.5) is 5.82 Å². The van der Waals surface area contributed by atoms with E-state index in [1.165, 1.54) is 0 Å². The van der Waals surface area contributed by atoms with E-state index >= 15 is 0 Å². The summed E-state index contributed by atoms with van der Waals surface area (Å²) in [7, 11) is 0. The number of hydrogen-bond acceptors (Lipinski definition) is 3. The Hall–Kier alpha value is -3.14. The number of benzene rings is 2. The Bertz CT molecular complexity index is 811. The van der Waals surface area contributed by atoms with Gasteiger partial charge in [0.1, 0.15) is 5.82 Å². The standard InChI is InChI=1S/C18H14N3O/c19-17-16(13-6-8-14(9-7-13)18(20)22)10-15(11-21-17)12-4-2-1-3-5-12/h2-11H,(H2,19,21)(H2,20,22). The molecule has 4 heteroatoms. The molecule has 1 radical (unpaired) electrons. The highest BCUT2D eigenvalue weighted by atomic mass is 16.1. The third kappa shape index (κ3) is 2.67. The Morgan fingerprint density at radius 2 is 1.64 bits per heavy atom. The SMILES string of the molecule is NC(=O)c1ccc(-c2cc(-c3cc[c]cc3)cnc2N)cc1. The van der Waals surface area contributed by atoms with E-state index in [9.17, 15) is 4.79 Å². The monoisotopic (exact) mass is 288 g/mol. The maximum Gasteiger partial charge on any atom is 0.248 e. The molecule has 0 unspecified atom stereocenters. The van der Waals surface area contributed by atoms with Crippen LogP contribution in [0.25, 0.3) is 22.3 Å². The third-order valence-electron chi connectivity index (χ3n) is 3.45. The molecular formula is C18H14N3O. The molecule has 2 aromatic carbocycles. The van der Waals surface area contributed by atoms with Crippen molar-refractivity contribution in [3.8, 4) is 22.3 Å². The van der Waals surface area contributed by atoms with Crippen molar-refractivity contribution in [2.45, 2.75) is 0 Å². The normalized spacial score (nSPS) is 10.4. The van der Waals surface area contributed by atoms with Crippen LogP contribution in [0.1, 0.15) is 10.4 Å². The molecule has 0 fully saturated rings. The lowest BCUT2D eigenvalue weighted by atomic mass is 10.00. The van der Waals surface area contributed by atoms with Crippen molar-refractivity contribution in [3.63, 3.8) is 0 Å². The summed E-state index contributed by atoms with van der Waals surface area (Å²) >= 11 is 0. The fraction of sp³-hybridized carbons (Fsp3) is 0. The van der Waals surface area contributed by atoms with E-state index in [-0.39, 0.29) is 0 Å². The zero-order chi connectivity index (χ0) is 15.5. The number of nitrogens with zero attached hydrogens (tertiary/aromatic N) is 1. The van der Waals surface area contributed by atoms with Gasteiger partial charge in [0.15, 0.2) is 0 Å². The Kier molecular flexibility index (Phi) is 3.58. The molecule has 0 aliphatic rings. The van der Waals surface area contributed by atoms with Crippen LogP contribution >= 0.6 is 0 Å². The minimum Gasteiger partial charge on any atom is -0.383 e. The van der Waals surface area contributed by atoms with E-state index < -0.39 is 5.91 Å². The van der Waals surface area contributed by atoms with Crippen LogP contribution in [0.3, 0.4) is 0 Å². The van der Waals surface area contributed by atoms with Crippen LogP contribution in [0.5, 0.6) is 0 Å². The van der Waals surface area contributed by atoms with Gasteiger partial charge in [-0.15, -0.1) is 0 Å². The molecule has 0 atom stereocenters. The van der Waals surface area contributed by atoms with Crippen LogP contribution in [0.2, 0.25) is 0 Å². The topological polar surface area (TPSA) is 82.0 Å². The first-order chi connectivity index (χ1) is 10.6. The molecule has 4 nitrogen and oxygen atoms in total. The van der Waals surface area contributed by atoms with Crippen molar-refractivity contribution in [1.82, 2.24) is 4.98 Å². The zero-order valence-electron chi connectivity index (χ0n) is 11.8. The minimum atomic E-state index is -0.452. The highest BCUT2D eigenvalue weighted by molar-refractivity contribution is 5.93. The van der Waals surface area contributed by atoms with E-state index in [0.29, 0.717) is 11.4 Å². The van der Waals surface area contributed by atoms with E-state index in [1.54, 1.807) is 18.3 Å². The van der Waals surface area contributed by atoms with E-state index in [4.69, 9.17) is 11.5 Å². The number of carbonyl (C=O) groups is 1. The molecule has 0 bridgehead atoms. The van der Waals surface area contributed by atoms with Gasteiger partial charge in [0.25, 0.3) is 0 Å². The Morgan fingerprint density at radius 3 is 2.27 bits per heavy atom. The molecule has 107 valence electrons. The van der Waals surface area contributed by atoms with Crippen molar-refractivity contribution in [2.75, 3.05) is 5.73 Å². The number of rotatable bonds is 3. The summed E-state index contributed by atoms with van der Waals surface area (Å²) in [6, 6.07) is 19.6. The Morgan fingerprint density at radius 1 is 0.955 bits per heavy atom. The first-order valence-electron chi connectivity index (χ1n) is 6.77. The largest absolute Gasteiger partial charge is 0.383 e. The number of pyridine rings is 1. The van der Waals surface area contributed by atoms with Crippen molar-refractivity contribution in [3.05, 3.63) is 72.4 Å². The molecule has 0 saturated heterocycles. The summed E-state index contributed by atoms with van der Waals surface area (Å²) in [5.74, 6) is -0.00926. The molecule has 3 rings (SSSR count). The number of nitrogen functional groups attached to an aromatic ring is 1. The van der Waals surface area contributed by atoms with Gasteiger partial charge in [-0.05, 0) is 35.4 Å². The second-order valence-corrected chi connectivity index (χ2v) is 4.89. The van der Waals surface area contributed by atoms with Crippen molar-refractivity contribution in [1.29, 1.82) is 0 Å². The van der Waals surface area contributed by atoms with Crippen LogP contribution in [0, 0.1) is 6.07 Å². The fourth-order valence-electron chi connectivity index (χ4n) is 2.26. The van der Waals surface area contributed by atoms with Crippen LogP contribution < -0.4 is 11.5 Å². The van der Waals surface area contributed by atoms with Crippen molar-refractivity contribution < 1.29 is 4.79 Å². The van der Waals surface area contributed by atoms with Gasteiger partial charge in [0.05, 0.1) is 0 Å². The van der Waals surface area contributed by atoms with Gasteiger partial charge >= 0.3 is 0 Å². The molecule has 0 aliphatic heterocycles. The van der Waals surface area contributed by atoms with Gasteiger partial charge in [-0.1, -0.05) is 36.4 Å². The number of amides is 1. The lowest BCUT2D eigenvalue weighted by Gasteiger charge is -2.09. The molecular weight excluding hydrogens is 274 g/mol. The molecule has 3 aromatic rings. The summed E-state index contributed by atoms with van der Waals surface area (Å²) < 4.78 is 0. The first kappa shape index (κ1) is 13.8. The zero-order valence-corrected chi connectivity index (χ0v) is 11.8. The Balaban J connectivity index is 2.05. The summed E-state index contributed by atoms with van der Waals surface area (Å²) in [5, 5.41) is 0. The quantitative estimate of drug-likeness (QED) is 0.777. The lowest BCUT2D eigenvalue weighted by molar-refractivity contribution is 0.100.